The second-order valence-electron chi connectivity index (χ2n) is 6.01. The third kappa shape index (κ3) is 3.99. The summed E-state index contributed by atoms with van der Waals surface area (Å²) < 4.78 is 0. The smallest absolute Gasteiger partial charge is 0.228 e. The number of anilines is 1. The molecule has 0 spiro atoms. The van der Waals surface area contributed by atoms with Crippen molar-refractivity contribution < 1.29 is 9.90 Å². The van der Waals surface area contributed by atoms with Crippen molar-refractivity contribution in [3.63, 3.8) is 0 Å². The third-order valence-electron chi connectivity index (χ3n) is 4.15. The predicted octanol–water partition coefficient (Wildman–Crippen LogP) is 1.33. The van der Waals surface area contributed by atoms with Gasteiger partial charge in [0.15, 0.2) is 5.75 Å². The molecule has 0 aromatic carbocycles. The van der Waals surface area contributed by atoms with Crippen molar-refractivity contribution in [3.05, 3.63) is 52.7 Å². The highest BCUT2D eigenvalue weighted by molar-refractivity contribution is 5.92. The average molecular weight is 328 g/mol. The Hall–Kier alpha value is -2.67. The molecular formula is C17H20N4O3. The normalized spacial score (nSPS) is 18.2. The third-order valence-corrected chi connectivity index (χ3v) is 4.15. The molecule has 0 radical (unpaired) electrons. The van der Waals surface area contributed by atoms with Crippen molar-refractivity contribution in [1.29, 1.82) is 0 Å². The fraction of sp³-hybridized carbons (Fsp3) is 0.353. The maximum Gasteiger partial charge on any atom is 0.228 e. The predicted molar refractivity (Wildman–Crippen MR) is 89.6 cm³/mol. The highest BCUT2D eigenvalue weighted by Crippen LogP contribution is 2.20. The number of piperidine rings is 1. The number of carbonyl (C=O) groups excluding carboxylic acids is 1. The molecule has 1 saturated heterocycles. The highest BCUT2D eigenvalue weighted by atomic mass is 16.3. The van der Waals surface area contributed by atoms with Crippen LogP contribution in [0, 0.1) is 5.92 Å². The van der Waals surface area contributed by atoms with Gasteiger partial charge >= 0.3 is 0 Å². The summed E-state index contributed by atoms with van der Waals surface area (Å²) in [4.78, 5) is 32.9. The lowest BCUT2D eigenvalue weighted by Crippen LogP contribution is -2.40. The van der Waals surface area contributed by atoms with Gasteiger partial charge in [-0.2, -0.15) is 0 Å². The number of rotatable bonds is 4. The van der Waals surface area contributed by atoms with E-state index in [2.05, 4.69) is 20.2 Å². The van der Waals surface area contributed by atoms with Crippen molar-refractivity contribution in [1.82, 2.24) is 14.9 Å². The summed E-state index contributed by atoms with van der Waals surface area (Å²) in [5.74, 6) is -0.388. The number of likely N-dealkylation sites (tertiary alicyclic amines) is 1. The van der Waals surface area contributed by atoms with Crippen LogP contribution < -0.4 is 10.7 Å². The maximum absolute atomic E-state index is 12.4. The summed E-state index contributed by atoms with van der Waals surface area (Å²) in [6.45, 7) is 2.06. The molecule has 0 aliphatic carbocycles. The first-order valence-corrected chi connectivity index (χ1v) is 7.95. The fourth-order valence-electron chi connectivity index (χ4n) is 2.93. The Morgan fingerprint density at radius 3 is 3.12 bits per heavy atom. The number of amides is 1. The number of aromatic hydroxyl groups is 1. The molecule has 1 aliphatic rings. The van der Waals surface area contributed by atoms with E-state index in [1.165, 1.54) is 12.3 Å². The van der Waals surface area contributed by atoms with Crippen LogP contribution in [-0.4, -0.2) is 39.0 Å². The van der Waals surface area contributed by atoms with Gasteiger partial charge in [-0.15, -0.1) is 0 Å². The van der Waals surface area contributed by atoms with E-state index >= 15 is 0 Å². The second-order valence-corrected chi connectivity index (χ2v) is 6.01. The Labute approximate surface area is 139 Å². The molecular weight excluding hydrogens is 308 g/mol. The molecule has 24 heavy (non-hydrogen) atoms. The average Bonchev–Trinajstić information content (AvgIpc) is 2.59. The van der Waals surface area contributed by atoms with Gasteiger partial charge in [-0.25, -0.2) is 0 Å². The molecule has 1 atom stereocenters. The van der Waals surface area contributed by atoms with Crippen LogP contribution in [0.15, 0.2) is 41.6 Å². The van der Waals surface area contributed by atoms with Crippen molar-refractivity contribution >= 4 is 11.6 Å². The summed E-state index contributed by atoms with van der Waals surface area (Å²) in [6.07, 6.45) is 6.35. The molecule has 2 aromatic heterocycles. The number of H-pyrrole nitrogens is 1. The lowest BCUT2D eigenvalue weighted by Gasteiger charge is -2.31. The Bertz CT molecular complexity index is 760. The van der Waals surface area contributed by atoms with Gasteiger partial charge in [0.2, 0.25) is 11.3 Å². The number of nitrogens with zero attached hydrogens (tertiary/aromatic N) is 2. The first-order chi connectivity index (χ1) is 11.6. The van der Waals surface area contributed by atoms with Crippen LogP contribution in [0.2, 0.25) is 0 Å². The van der Waals surface area contributed by atoms with Crippen LogP contribution in [0.4, 0.5) is 5.69 Å². The Balaban J connectivity index is 1.60. The van der Waals surface area contributed by atoms with Gasteiger partial charge in [0, 0.05) is 37.2 Å². The van der Waals surface area contributed by atoms with Crippen LogP contribution in [0.1, 0.15) is 18.5 Å². The van der Waals surface area contributed by atoms with Gasteiger partial charge in [0.05, 0.1) is 17.8 Å². The first kappa shape index (κ1) is 16.2. The lowest BCUT2D eigenvalue weighted by atomic mass is 9.97. The number of pyridine rings is 2. The van der Waals surface area contributed by atoms with E-state index in [4.69, 9.17) is 0 Å². The van der Waals surface area contributed by atoms with Gasteiger partial charge < -0.3 is 15.4 Å². The van der Waals surface area contributed by atoms with Crippen LogP contribution in [0.5, 0.6) is 5.75 Å². The molecule has 3 N–H and O–H groups in total. The summed E-state index contributed by atoms with van der Waals surface area (Å²) in [6, 6.07) is 4.99. The lowest BCUT2D eigenvalue weighted by molar-refractivity contribution is -0.121. The molecule has 7 heteroatoms. The summed E-state index contributed by atoms with van der Waals surface area (Å²) in [5, 5.41) is 12.2. The van der Waals surface area contributed by atoms with Crippen molar-refractivity contribution in [2.45, 2.75) is 19.4 Å². The fourth-order valence-corrected chi connectivity index (χ4v) is 2.93. The molecule has 3 rings (SSSR count). The molecule has 1 fully saturated rings. The van der Waals surface area contributed by atoms with Gasteiger partial charge in [0.25, 0.3) is 0 Å². The summed E-state index contributed by atoms with van der Waals surface area (Å²) in [5.41, 5.74) is 1.03. The van der Waals surface area contributed by atoms with Crippen molar-refractivity contribution in [2.75, 3.05) is 18.4 Å². The van der Waals surface area contributed by atoms with Crippen LogP contribution in [-0.2, 0) is 11.3 Å². The topological polar surface area (TPSA) is 98.3 Å². The van der Waals surface area contributed by atoms with Crippen LogP contribution >= 0.6 is 0 Å². The van der Waals surface area contributed by atoms with E-state index in [1.54, 1.807) is 18.5 Å². The van der Waals surface area contributed by atoms with E-state index < -0.39 is 5.43 Å². The zero-order valence-corrected chi connectivity index (χ0v) is 13.2. The Morgan fingerprint density at radius 1 is 1.50 bits per heavy atom. The largest absolute Gasteiger partial charge is 0.503 e. The SMILES string of the molecule is O=C(Nc1cccnc1)C1CCCN(Cc2cc(=O)c(O)c[nH]2)C1. The van der Waals surface area contributed by atoms with Gasteiger partial charge in [-0.3, -0.25) is 19.5 Å². The minimum absolute atomic E-state index is 0.00750. The molecule has 2 aromatic rings. The Kier molecular flexibility index (Phi) is 4.90. The van der Waals surface area contributed by atoms with Gasteiger partial charge in [0.1, 0.15) is 0 Å². The number of aromatic amines is 1. The summed E-state index contributed by atoms with van der Waals surface area (Å²) >= 11 is 0. The zero-order valence-electron chi connectivity index (χ0n) is 13.2. The van der Waals surface area contributed by atoms with E-state index in [-0.39, 0.29) is 17.6 Å². The number of hydrogen-bond acceptors (Lipinski definition) is 5. The molecule has 1 amide bonds. The molecule has 7 nitrogen and oxygen atoms in total. The van der Waals surface area contributed by atoms with Crippen LogP contribution in [0.25, 0.3) is 0 Å². The monoisotopic (exact) mass is 328 g/mol. The first-order valence-electron chi connectivity index (χ1n) is 7.95. The number of carbonyl (C=O) groups is 1. The summed E-state index contributed by atoms with van der Waals surface area (Å²) in [7, 11) is 0. The highest BCUT2D eigenvalue weighted by Gasteiger charge is 2.26. The Morgan fingerprint density at radius 2 is 2.38 bits per heavy atom. The minimum atomic E-state index is -0.397. The number of nitrogens with one attached hydrogen (secondary N) is 2. The van der Waals surface area contributed by atoms with E-state index in [0.717, 1.165) is 25.1 Å². The molecule has 0 saturated carbocycles. The quantitative estimate of drug-likeness (QED) is 0.786. The molecule has 126 valence electrons. The second kappa shape index (κ2) is 7.27. The standard InChI is InChI=1S/C17H20N4O3/c22-15-7-14(19-9-16(15)23)11-21-6-2-3-12(10-21)17(24)20-13-4-1-5-18-8-13/h1,4-5,7-9,12,23H,2-3,6,10-11H2,(H,19,22)(H,20,24). The van der Waals surface area contributed by atoms with E-state index in [1.807, 2.05) is 6.07 Å². The van der Waals surface area contributed by atoms with E-state index in [0.29, 0.717) is 18.8 Å². The molecule has 0 bridgehead atoms. The van der Waals surface area contributed by atoms with Crippen LogP contribution in [0.3, 0.4) is 0 Å². The number of aromatic nitrogens is 2. The zero-order chi connectivity index (χ0) is 16.9. The van der Waals surface area contributed by atoms with Gasteiger partial charge in [-0.1, -0.05) is 0 Å². The minimum Gasteiger partial charge on any atom is -0.503 e. The maximum atomic E-state index is 12.4. The van der Waals surface area contributed by atoms with Gasteiger partial charge in [-0.05, 0) is 31.5 Å². The van der Waals surface area contributed by atoms with E-state index in [9.17, 15) is 14.7 Å². The van der Waals surface area contributed by atoms with Crippen molar-refractivity contribution in [2.24, 2.45) is 5.92 Å². The number of hydrogen-bond donors (Lipinski definition) is 3. The molecule has 3 heterocycles. The molecule has 1 unspecified atom stereocenters. The molecule has 1 aliphatic heterocycles. The van der Waals surface area contributed by atoms with Crippen molar-refractivity contribution in [3.8, 4) is 5.75 Å².